The highest BCUT2D eigenvalue weighted by Gasteiger charge is 2.34. The molecule has 1 unspecified atom stereocenters. The van der Waals surface area contributed by atoms with Crippen molar-refractivity contribution in [2.24, 2.45) is 5.73 Å². The highest BCUT2D eigenvalue weighted by Crippen LogP contribution is 2.34. The van der Waals surface area contributed by atoms with Gasteiger partial charge < -0.3 is 21.8 Å². The van der Waals surface area contributed by atoms with E-state index in [1.807, 2.05) is 6.92 Å². The summed E-state index contributed by atoms with van der Waals surface area (Å²) >= 11 is 0. The second-order valence-electron chi connectivity index (χ2n) is 8.15. The van der Waals surface area contributed by atoms with Crippen molar-refractivity contribution in [1.29, 1.82) is 0 Å². The number of imidazole rings is 1. The molecule has 0 bridgehead atoms. The third kappa shape index (κ3) is 4.91. The molecule has 5 N–H and O–H groups in total. The zero-order valence-electron chi connectivity index (χ0n) is 19.3. The Balaban J connectivity index is 1.63. The fourth-order valence-corrected chi connectivity index (χ4v) is 4.14. The second kappa shape index (κ2) is 10.2. The van der Waals surface area contributed by atoms with Gasteiger partial charge in [0.25, 0.3) is 11.8 Å². The molecule has 3 aromatic rings. The molecular weight excluding hydrogens is 446 g/mol. The van der Waals surface area contributed by atoms with Gasteiger partial charge in [0.2, 0.25) is 5.91 Å². The second-order valence-corrected chi connectivity index (χ2v) is 8.15. The Kier molecular flexibility index (Phi) is 6.91. The fraction of sp³-hybridized carbons (Fsp3) is 0.240. The molecule has 1 aliphatic heterocycles. The van der Waals surface area contributed by atoms with Crippen molar-refractivity contribution in [3.63, 3.8) is 0 Å². The number of likely N-dealkylation sites (tertiary alicyclic amines) is 1. The van der Waals surface area contributed by atoms with E-state index in [2.05, 4.69) is 15.3 Å². The molecule has 0 radical (unpaired) electrons. The van der Waals surface area contributed by atoms with Crippen molar-refractivity contribution in [2.75, 3.05) is 17.7 Å². The van der Waals surface area contributed by atoms with Crippen LogP contribution in [0.3, 0.4) is 0 Å². The Morgan fingerprint density at radius 1 is 1.17 bits per heavy atom. The lowest BCUT2D eigenvalue weighted by molar-refractivity contribution is -0.127. The number of rotatable bonds is 7. The average molecular weight is 474 g/mol. The van der Waals surface area contributed by atoms with E-state index in [1.165, 1.54) is 4.68 Å². The number of anilines is 1. The van der Waals surface area contributed by atoms with Gasteiger partial charge in [-0.25, -0.2) is 14.6 Å². The number of hydrogen-bond acceptors (Lipinski definition) is 6. The molecule has 1 fully saturated rings. The number of pyridine rings is 1. The van der Waals surface area contributed by atoms with Crippen LogP contribution in [-0.2, 0) is 4.79 Å². The lowest BCUT2D eigenvalue weighted by atomic mass is 10.1. The molecule has 0 aliphatic carbocycles. The van der Waals surface area contributed by atoms with E-state index in [0.717, 1.165) is 12.8 Å². The number of carbonyl (C=O) groups is 3. The molecule has 0 spiro atoms. The van der Waals surface area contributed by atoms with Crippen LogP contribution < -0.4 is 16.9 Å². The lowest BCUT2D eigenvalue weighted by Crippen LogP contribution is -2.33. The van der Waals surface area contributed by atoms with Gasteiger partial charge in [0.05, 0.1) is 6.04 Å². The van der Waals surface area contributed by atoms with Gasteiger partial charge in [-0.3, -0.25) is 14.4 Å². The van der Waals surface area contributed by atoms with Crippen molar-refractivity contribution in [3.8, 4) is 11.3 Å². The smallest absolute Gasteiger partial charge is 0.269 e. The molecule has 3 amide bonds. The first-order valence-corrected chi connectivity index (χ1v) is 11.4. The number of nitrogens with two attached hydrogens (primary N) is 2. The van der Waals surface area contributed by atoms with Crippen LogP contribution in [0.25, 0.3) is 11.3 Å². The summed E-state index contributed by atoms with van der Waals surface area (Å²) in [7, 11) is 0. The predicted octanol–water partition coefficient (Wildman–Crippen LogP) is 2.64. The summed E-state index contributed by atoms with van der Waals surface area (Å²) in [4.78, 5) is 47.9. The number of hydrogen-bond donors (Lipinski definition) is 3. The van der Waals surface area contributed by atoms with Crippen LogP contribution in [0.2, 0.25) is 0 Å². The van der Waals surface area contributed by atoms with E-state index in [9.17, 15) is 14.4 Å². The van der Waals surface area contributed by atoms with Crippen LogP contribution in [0, 0.1) is 0 Å². The zero-order valence-corrected chi connectivity index (χ0v) is 19.3. The summed E-state index contributed by atoms with van der Waals surface area (Å²) in [6.07, 6.45) is 7.16. The van der Waals surface area contributed by atoms with E-state index in [4.69, 9.17) is 11.6 Å². The van der Waals surface area contributed by atoms with Gasteiger partial charge in [-0.15, -0.1) is 0 Å². The molecule has 10 nitrogen and oxygen atoms in total. The van der Waals surface area contributed by atoms with Crippen molar-refractivity contribution in [2.45, 2.75) is 32.2 Å². The maximum atomic E-state index is 12.7. The molecule has 180 valence electrons. The maximum absolute atomic E-state index is 12.7. The number of nitrogens with one attached hydrogen (secondary N) is 1. The first-order valence-electron chi connectivity index (χ1n) is 11.4. The van der Waals surface area contributed by atoms with E-state index in [0.29, 0.717) is 41.4 Å². The predicted molar refractivity (Wildman–Crippen MR) is 132 cm³/mol. The van der Waals surface area contributed by atoms with E-state index in [-0.39, 0.29) is 23.6 Å². The molecule has 0 saturated carbocycles. The van der Waals surface area contributed by atoms with Crippen LogP contribution >= 0.6 is 0 Å². The van der Waals surface area contributed by atoms with Gasteiger partial charge in [0.1, 0.15) is 11.5 Å². The summed E-state index contributed by atoms with van der Waals surface area (Å²) in [5.41, 5.74) is 6.96. The van der Waals surface area contributed by atoms with E-state index >= 15 is 0 Å². The molecule has 3 heterocycles. The molecule has 1 atom stereocenters. The topological polar surface area (TPSA) is 149 Å². The number of carbonyl (C=O) groups excluding carboxylic acids is 3. The van der Waals surface area contributed by atoms with Crippen molar-refractivity contribution in [1.82, 2.24) is 19.5 Å². The van der Waals surface area contributed by atoms with Crippen molar-refractivity contribution in [3.05, 3.63) is 77.9 Å². The highest BCUT2D eigenvalue weighted by atomic mass is 16.2. The first kappa shape index (κ1) is 23.7. The average Bonchev–Trinajstić information content (AvgIpc) is 3.47. The molecule has 10 heteroatoms. The minimum atomic E-state index is -0.736. The molecule has 2 aromatic heterocycles. The Labute approximate surface area is 202 Å². The van der Waals surface area contributed by atoms with Crippen molar-refractivity contribution < 1.29 is 14.4 Å². The van der Waals surface area contributed by atoms with Gasteiger partial charge in [0, 0.05) is 23.9 Å². The quantitative estimate of drug-likeness (QED) is 0.355. The van der Waals surface area contributed by atoms with Gasteiger partial charge in [0.15, 0.2) is 11.5 Å². The number of nitrogens with zero attached hydrogens (tertiary/aromatic N) is 4. The Morgan fingerprint density at radius 3 is 2.60 bits per heavy atom. The maximum Gasteiger partial charge on any atom is 0.269 e. The minimum Gasteiger partial charge on any atom is -0.364 e. The van der Waals surface area contributed by atoms with Crippen LogP contribution in [0.15, 0.2) is 60.8 Å². The molecule has 1 saturated heterocycles. The third-order valence-electron chi connectivity index (χ3n) is 5.83. The van der Waals surface area contributed by atoms with Gasteiger partial charge in [-0.2, -0.15) is 0 Å². The van der Waals surface area contributed by atoms with Crippen LogP contribution in [0.1, 0.15) is 58.9 Å². The van der Waals surface area contributed by atoms with Gasteiger partial charge in [-0.05, 0) is 49.6 Å². The third-order valence-corrected chi connectivity index (χ3v) is 5.83. The first-order chi connectivity index (χ1) is 16.9. The summed E-state index contributed by atoms with van der Waals surface area (Å²) in [5, 5.41) is 2.72. The summed E-state index contributed by atoms with van der Waals surface area (Å²) < 4.78 is 1.18. The molecule has 4 rings (SSSR count). The highest BCUT2D eigenvalue weighted by molar-refractivity contribution is 6.04. The summed E-state index contributed by atoms with van der Waals surface area (Å²) in [6, 6.07) is 11.4. The van der Waals surface area contributed by atoms with Gasteiger partial charge in [-0.1, -0.05) is 31.2 Å². The Bertz CT molecular complexity index is 1270. The van der Waals surface area contributed by atoms with Crippen molar-refractivity contribution >= 4 is 23.5 Å². The van der Waals surface area contributed by atoms with Gasteiger partial charge >= 0.3 is 0 Å². The number of benzene rings is 1. The lowest BCUT2D eigenvalue weighted by Gasteiger charge is -2.23. The van der Waals surface area contributed by atoms with Crippen LogP contribution in [0.5, 0.6) is 0 Å². The number of nitrogen functional groups attached to an aromatic ring is 1. The molecular formula is C25H27N7O3. The largest absolute Gasteiger partial charge is 0.364 e. The van der Waals surface area contributed by atoms with Crippen LogP contribution in [-0.4, -0.2) is 43.8 Å². The normalized spacial score (nSPS) is 15.5. The minimum absolute atomic E-state index is 0.0362. The fourth-order valence-electron chi connectivity index (χ4n) is 4.14. The Hall–Kier alpha value is -4.47. The molecule has 1 aromatic carbocycles. The summed E-state index contributed by atoms with van der Waals surface area (Å²) in [6.45, 7) is 2.53. The standard InChI is InChI=1S/C25H27N7O3/c1-2-3-9-20(33)31-15-6-7-18(31)24-30-21(22(23(26)34)32(24)27)16-10-12-17(13-11-16)25(35)29-19-8-4-5-14-28-19/h3-5,8-14,18H,2,6-7,15,27H2,1H3,(H2,26,34)(H,28,29,35)/b9-3+. The number of allylic oxidation sites excluding steroid dienone is 1. The Morgan fingerprint density at radius 2 is 1.94 bits per heavy atom. The van der Waals surface area contributed by atoms with Crippen LogP contribution in [0.4, 0.5) is 5.82 Å². The van der Waals surface area contributed by atoms with E-state index in [1.54, 1.807) is 65.7 Å². The molecule has 35 heavy (non-hydrogen) atoms. The SMILES string of the molecule is CC/C=C/C(=O)N1CCCC1c1nc(-c2ccc(C(=O)Nc3ccccn3)cc2)c(C(N)=O)n1N. The summed E-state index contributed by atoms with van der Waals surface area (Å²) in [5.74, 6) is 5.92. The zero-order chi connectivity index (χ0) is 24.9. The monoisotopic (exact) mass is 473 g/mol. The number of aromatic nitrogens is 3. The molecule has 1 aliphatic rings. The number of amides is 3. The van der Waals surface area contributed by atoms with E-state index < -0.39 is 5.91 Å². The number of primary amides is 1.